The summed E-state index contributed by atoms with van der Waals surface area (Å²) in [5.41, 5.74) is 3.97. The molecule has 0 aliphatic carbocycles. The van der Waals surface area contributed by atoms with Gasteiger partial charge in [0, 0.05) is 18.7 Å². The molecule has 7 nitrogen and oxygen atoms in total. The molecule has 0 atom stereocenters. The molecule has 4 aromatic rings. The number of ether oxygens (including phenoxy) is 2. The van der Waals surface area contributed by atoms with Gasteiger partial charge in [0.2, 0.25) is 0 Å². The molecule has 0 unspecified atom stereocenters. The summed E-state index contributed by atoms with van der Waals surface area (Å²) in [7, 11) is 0. The fraction of sp³-hybridized carbons (Fsp3) is 0.233. The summed E-state index contributed by atoms with van der Waals surface area (Å²) in [6.07, 6.45) is 0.0506. The van der Waals surface area contributed by atoms with Crippen LogP contribution < -0.4 is 5.32 Å². The highest BCUT2D eigenvalue weighted by Crippen LogP contribution is 2.38. The molecule has 8 heteroatoms. The monoisotopic (exact) mass is 529 g/mol. The highest BCUT2D eigenvalue weighted by molar-refractivity contribution is 7.19. The molecule has 0 aliphatic rings. The third-order valence-corrected chi connectivity index (χ3v) is 6.74. The number of carbonyl (C=O) groups is 2. The molecular weight excluding hydrogens is 498 g/mol. The molecule has 1 N–H and O–H groups in total. The Bertz CT molecular complexity index is 1240. The molecule has 0 bridgehead atoms. The van der Waals surface area contributed by atoms with Crippen molar-refractivity contribution in [1.29, 1.82) is 0 Å². The lowest BCUT2D eigenvalue weighted by Gasteiger charge is -2.21. The molecule has 38 heavy (non-hydrogen) atoms. The Morgan fingerprint density at radius 2 is 1.50 bits per heavy atom. The Morgan fingerprint density at radius 3 is 2.16 bits per heavy atom. The average Bonchev–Trinajstić information content (AvgIpc) is 3.39. The van der Waals surface area contributed by atoms with Crippen LogP contribution in [0.4, 0.5) is 9.93 Å². The van der Waals surface area contributed by atoms with Gasteiger partial charge in [0.05, 0.1) is 17.2 Å². The van der Waals surface area contributed by atoms with E-state index >= 15 is 0 Å². The van der Waals surface area contributed by atoms with Crippen LogP contribution in [0.5, 0.6) is 0 Å². The van der Waals surface area contributed by atoms with Crippen LogP contribution in [0.3, 0.4) is 0 Å². The van der Waals surface area contributed by atoms with Crippen molar-refractivity contribution in [3.05, 3.63) is 96.6 Å². The molecule has 3 aromatic carbocycles. The Morgan fingerprint density at radius 1 is 0.868 bits per heavy atom. The minimum atomic E-state index is -0.547. The van der Waals surface area contributed by atoms with E-state index in [1.54, 1.807) is 18.3 Å². The largest absolute Gasteiger partial charge is 0.465 e. The first kappa shape index (κ1) is 26.9. The number of hydrogen-bond acceptors (Lipinski definition) is 7. The molecule has 1 amide bonds. The van der Waals surface area contributed by atoms with Crippen LogP contribution in [0.1, 0.15) is 18.9 Å². The van der Waals surface area contributed by atoms with E-state index in [9.17, 15) is 9.59 Å². The van der Waals surface area contributed by atoms with E-state index in [0.29, 0.717) is 19.5 Å². The predicted molar refractivity (Wildman–Crippen MR) is 151 cm³/mol. The van der Waals surface area contributed by atoms with Gasteiger partial charge in [-0.1, -0.05) is 102 Å². The lowest BCUT2D eigenvalue weighted by atomic mass is 10.1. The van der Waals surface area contributed by atoms with E-state index in [0.717, 1.165) is 32.4 Å². The third kappa shape index (κ3) is 7.66. The zero-order chi connectivity index (χ0) is 26.6. The Labute approximate surface area is 227 Å². The van der Waals surface area contributed by atoms with Crippen LogP contribution in [0.25, 0.3) is 21.7 Å². The Kier molecular flexibility index (Phi) is 9.87. The van der Waals surface area contributed by atoms with Crippen molar-refractivity contribution in [2.75, 3.05) is 31.6 Å². The second-order valence-electron chi connectivity index (χ2n) is 8.48. The summed E-state index contributed by atoms with van der Waals surface area (Å²) >= 11 is 1.59. The normalized spacial score (nSPS) is 10.6. The van der Waals surface area contributed by atoms with Crippen molar-refractivity contribution < 1.29 is 19.1 Å². The van der Waals surface area contributed by atoms with Crippen molar-refractivity contribution in [1.82, 2.24) is 9.88 Å². The molecule has 0 saturated carbocycles. The lowest BCUT2D eigenvalue weighted by Crippen LogP contribution is -2.38. The highest BCUT2D eigenvalue weighted by atomic mass is 32.1. The molecule has 0 fully saturated rings. The third-order valence-electron chi connectivity index (χ3n) is 5.68. The van der Waals surface area contributed by atoms with Gasteiger partial charge >= 0.3 is 12.1 Å². The van der Waals surface area contributed by atoms with Crippen molar-refractivity contribution in [2.24, 2.45) is 0 Å². The summed E-state index contributed by atoms with van der Waals surface area (Å²) in [5, 5.41) is 4.19. The number of amides is 1. The molecule has 1 aromatic heterocycles. The minimum absolute atomic E-state index is 0.140. The summed E-state index contributed by atoms with van der Waals surface area (Å²) in [6.45, 7) is 2.88. The van der Waals surface area contributed by atoms with Crippen LogP contribution >= 0.6 is 11.3 Å². The van der Waals surface area contributed by atoms with Gasteiger partial charge in [-0.25, -0.2) is 9.78 Å². The van der Waals surface area contributed by atoms with Crippen LogP contribution in [-0.2, 0) is 20.9 Å². The van der Waals surface area contributed by atoms with E-state index in [2.05, 4.69) is 29.6 Å². The first-order valence-corrected chi connectivity index (χ1v) is 13.4. The molecule has 1 heterocycles. The average molecular weight is 530 g/mol. The van der Waals surface area contributed by atoms with Gasteiger partial charge in [0.15, 0.2) is 5.13 Å². The molecule has 0 saturated heterocycles. The maximum Gasteiger partial charge on any atom is 0.410 e. The zero-order valence-electron chi connectivity index (χ0n) is 21.3. The number of thiazole rings is 1. The lowest BCUT2D eigenvalue weighted by molar-refractivity contribution is -0.144. The molecule has 0 radical (unpaired) electrons. The van der Waals surface area contributed by atoms with Gasteiger partial charge in [-0.3, -0.25) is 9.69 Å². The highest BCUT2D eigenvalue weighted by Gasteiger charge is 2.20. The first-order valence-electron chi connectivity index (χ1n) is 12.6. The Hall–Kier alpha value is -4.17. The maximum absolute atomic E-state index is 12.7. The van der Waals surface area contributed by atoms with Gasteiger partial charge in [-0.15, -0.1) is 0 Å². The fourth-order valence-corrected chi connectivity index (χ4v) is 4.86. The number of nitrogens with zero attached hydrogens (tertiary/aromatic N) is 2. The SMILES string of the molecule is CCOC(=O)CN(CCCNc1nc(-c2ccccc2)c(-c2ccccc2)s1)C(=O)OCc1ccccc1. The van der Waals surface area contributed by atoms with E-state index < -0.39 is 12.1 Å². The molecule has 4 rings (SSSR count). The van der Waals surface area contributed by atoms with Gasteiger partial charge < -0.3 is 14.8 Å². The van der Waals surface area contributed by atoms with E-state index in [-0.39, 0.29) is 19.8 Å². The van der Waals surface area contributed by atoms with Crippen molar-refractivity contribution in [3.8, 4) is 21.7 Å². The topological polar surface area (TPSA) is 80.8 Å². The van der Waals surface area contributed by atoms with Crippen LogP contribution in [-0.4, -0.2) is 48.2 Å². The standard InChI is InChI=1S/C30H31N3O4S/c1-2-36-26(34)21-33(30(35)37-22-23-13-6-3-7-14-23)20-12-19-31-29-32-27(24-15-8-4-9-16-24)28(38-29)25-17-10-5-11-18-25/h3-11,13-18H,2,12,19-22H2,1H3,(H,31,32). The summed E-state index contributed by atoms with van der Waals surface area (Å²) in [5.74, 6) is -0.461. The fourth-order valence-electron chi connectivity index (χ4n) is 3.85. The van der Waals surface area contributed by atoms with Crippen molar-refractivity contribution in [2.45, 2.75) is 20.0 Å². The molecule has 196 valence electrons. The molecule has 0 aliphatic heterocycles. The van der Waals surface area contributed by atoms with Gasteiger partial charge in [0.1, 0.15) is 13.2 Å². The number of aromatic nitrogens is 1. The quantitative estimate of drug-likeness (QED) is 0.167. The van der Waals surface area contributed by atoms with E-state index in [1.165, 1.54) is 4.90 Å². The van der Waals surface area contributed by atoms with Gasteiger partial charge in [0.25, 0.3) is 0 Å². The number of hydrogen-bond donors (Lipinski definition) is 1. The zero-order valence-corrected chi connectivity index (χ0v) is 22.2. The maximum atomic E-state index is 12.7. The number of rotatable bonds is 12. The number of benzene rings is 3. The summed E-state index contributed by atoms with van der Waals surface area (Å²) in [6, 6.07) is 29.8. The second-order valence-corrected chi connectivity index (χ2v) is 9.47. The van der Waals surface area contributed by atoms with Gasteiger partial charge in [-0.2, -0.15) is 0 Å². The van der Waals surface area contributed by atoms with Crippen LogP contribution in [0, 0.1) is 0 Å². The molecular formula is C30H31N3O4S. The summed E-state index contributed by atoms with van der Waals surface area (Å²) < 4.78 is 10.5. The smallest absolute Gasteiger partial charge is 0.410 e. The summed E-state index contributed by atoms with van der Waals surface area (Å²) in [4.78, 5) is 32.2. The Balaban J connectivity index is 1.38. The first-order chi connectivity index (χ1) is 18.6. The number of esters is 1. The van der Waals surface area contributed by atoms with Crippen LogP contribution in [0.15, 0.2) is 91.0 Å². The van der Waals surface area contributed by atoms with Gasteiger partial charge in [-0.05, 0) is 24.5 Å². The second kappa shape index (κ2) is 13.9. The van der Waals surface area contributed by atoms with E-state index in [4.69, 9.17) is 14.5 Å². The number of nitrogens with one attached hydrogen (secondary N) is 1. The van der Waals surface area contributed by atoms with Crippen molar-refractivity contribution in [3.63, 3.8) is 0 Å². The number of carbonyl (C=O) groups excluding carboxylic acids is 2. The van der Waals surface area contributed by atoms with E-state index in [1.807, 2.05) is 66.7 Å². The van der Waals surface area contributed by atoms with Crippen molar-refractivity contribution >= 4 is 28.5 Å². The number of anilines is 1. The minimum Gasteiger partial charge on any atom is -0.465 e. The van der Waals surface area contributed by atoms with Crippen LogP contribution in [0.2, 0.25) is 0 Å². The molecule has 0 spiro atoms. The predicted octanol–water partition coefficient (Wildman–Crippen LogP) is 6.48.